The number of H-pyrrole nitrogens is 1. The van der Waals surface area contributed by atoms with Crippen LogP contribution in [-0.2, 0) is 9.47 Å². The van der Waals surface area contributed by atoms with Crippen LogP contribution in [0.2, 0.25) is 0 Å². The number of hydrogen-bond donors (Lipinski definition) is 2. The van der Waals surface area contributed by atoms with Gasteiger partial charge >= 0.3 is 5.97 Å². The van der Waals surface area contributed by atoms with Crippen molar-refractivity contribution in [1.82, 2.24) is 0 Å². The molecule has 140 valence electrons. The number of benzene rings is 1. The molecule has 6 heteroatoms. The van der Waals surface area contributed by atoms with E-state index in [1.54, 1.807) is 6.20 Å². The molecule has 6 nitrogen and oxygen atoms in total. The Labute approximate surface area is 154 Å². The number of morpholine rings is 1. The molecule has 2 heterocycles. The van der Waals surface area contributed by atoms with Crippen LogP contribution in [0.15, 0.2) is 18.3 Å². The summed E-state index contributed by atoms with van der Waals surface area (Å²) in [6.45, 7) is 11.9. The highest BCUT2D eigenvalue weighted by atomic mass is 16.5. The standard InChI is InChI=1S/C20H27N3O3/c1-4-26-20(24)17-13-22-18-15(3)14(2)5-6-16(18)19(17)21-7-8-23-9-11-25-12-10-23/h5-6,13H,4,7-12H2,1-3H3,(H,21,22)/p+2. The van der Waals surface area contributed by atoms with Crippen LogP contribution in [0.25, 0.3) is 10.9 Å². The Balaban J connectivity index is 1.89. The summed E-state index contributed by atoms with van der Waals surface area (Å²) in [7, 11) is 0. The van der Waals surface area contributed by atoms with E-state index in [0.717, 1.165) is 56.0 Å². The maximum atomic E-state index is 12.4. The van der Waals surface area contributed by atoms with Gasteiger partial charge in [0.2, 0.25) is 5.52 Å². The van der Waals surface area contributed by atoms with Crippen molar-refractivity contribution in [3.63, 3.8) is 0 Å². The monoisotopic (exact) mass is 359 g/mol. The SMILES string of the molecule is CCOC(=O)c1c[nH+]c2c(C)c(C)ccc2c1NCC[NH+]1CCOCC1. The number of esters is 1. The molecule has 2 aromatic rings. The van der Waals surface area contributed by atoms with E-state index in [1.165, 1.54) is 16.0 Å². The topological polar surface area (TPSA) is 66.1 Å². The first-order valence-corrected chi connectivity index (χ1v) is 9.38. The Hall–Kier alpha value is -2.18. The fourth-order valence-electron chi connectivity index (χ4n) is 3.41. The van der Waals surface area contributed by atoms with E-state index in [9.17, 15) is 4.79 Å². The normalized spacial score (nSPS) is 15.2. The summed E-state index contributed by atoms with van der Waals surface area (Å²) in [5.41, 5.74) is 4.88. The summed E-state index contributed by atoms with van der Waals surface area (Å²) in [5.74, 6) is -0.301. The molecule has 0 aliphatic carbocycles. The quantitative estimate of drug-likeness (QED) is 0.748. The van der Waals surface area contributed by atoms with E-state index in [1.807, 2.05) is 6.92 Å². The zero-order valence-corrected chi connectivity index (χ0v) is 15.9. The molecule has 3 N–H and O–H groups in total. The van der Waals surface area contributed by atoms with Gasteiger partial charge in [0.15, 0.2) is 6.20 Å². The van der Waals surface area contributed by atoms with Gasteiger partial charge in [-0.3, -0.25) is 0 Å². The third kappa shape index (κ3) is 3.97. The van der Waals surface area contributed by atoms with Crippen LogP contribution in [-0.4, -0.2) is 52.0 Å². The van der Waals surface area contributed by atoms with Crippen molar-refractivity contribution in [3.05, 3.63) is 35.0 Å². The second-order valence-electron chi connectivity index (χ2n) is 6.77. The zero-order valence-electron chi connectivity index (χ0n) is 15.9. The summed E-state index contributed by atoms with van der Waals surface area (Å²) in [6.07, 6.45) is 1.76. The number of aromatic amines is 1. The van der Waals surface area contributed by atoms with Crippen LogP contribution in [0.3, 0.4) is 0 Å². The van der Waals surface area contributed by atoms with Crippen LogP contribution in [0.4, 0.5) is 5.69 Å². The highest BCUT2D eigenvalue weighted by Crippen LogP contribution is 2.28. The molecule has 0 amide bonds. The Morgan fingerprint density at radius 3 is 2.81 bits per heavy atom. The van der Waals surface area contributed by atoms with Crippen molar-refractivity contribution in [2.24, 2.45) is 0 Å². The smallest absolute Gasteiger partial charge is 0.346 e. The second-order valence-corrected chi connectivity index (χ2v) is 6.77. The number of ether oxygens (including phenoxy) is 2. The van der Waals surface area contributed by atoms with Crippen LogP contribution >= 0.6 is 0 Å². The van der Waals surface area contributed by atoms with E-state index in [0.29, 0.717) is 12.2 Å². The average molecular weight is 359 g/mol. The summed E-state index contributed by atoms with van der Waals surface area (Å²) in [5, 5.41) is 4.53. The Morgan fingerprint density at radius 2 is 2.08 bits per heavy atom. The molecular weight excluding hydrogens is 330 g/mol. The molecule has 0 atom stereocenters. The predicted molar refractivity (Wildman–Crippen MR) is 101 cm³/mol. The number of nitrogens with one attached hydrogen (secondary N) is 3. The summed E-state index contributed by atoms with van der Waals surface area (Å²) >= 11 is 0. The molecule has 1 aliphatic rings. The van der Waals surface area contributed by atoms with Crippen molar-refractivity contribution in [3.8, 4) is 0 Å². The Bertz CT molecular complexity index is 785. The molecule has 1 fully saturated rings. The minimum atomic E-state index is -0.301. The van der Waals surface area contributed by atoms with E-state index in [2.05, 4.69) is 36.3 Å². The molecule has 0 bridgehead atoms. The number of pyridine rings is 1. The summed E-state index contributed by atoms with van der Waals surface area (Å²) in [4.78, 5) is 17.2. The van der Waals surface area contributed by atoms with Gasteiger partial charge in [-0.25, -0.2) is 9.78 Å². The highest BCUT2D eigenvalue weighted by Gasteiger charge is 2.22. The van der Waals surface area contributed by atoms with Gasteiger partial charge in [-0.05, 0) is 32.4 Å². The molecule has 0 unspecified atom stereocenters. The number of fused-ring (bicyclic) bond motifs is 1. The fourth-order valence-corrected chi connectivity index (χ4v) is 3.41. The van der Waals surface area contributed by atoms with E-state index >= 15 is 0 Å². The number of carbonyl (C=O) groups is 1. The van der Waals surface area contributed by atoms with Crippen molar-refractivity contribution in [2.75, 3.05) is 51.3 Å². The molecular formula is C20H29N3O3+2. The van der Waals surface area contributed by atoms with Crippen LogP contribution in [0, 0.1) is 13.8 Å². The van der Waals surface area contributed by atoms with Gasteiger partial charge in [-0.2, -0.15) is 0 Å². The minimum Gasteiger partial charge on any atom is -0.462 e. The van der Waals surface area contributed by atoms with Gasteiger partial charge in [0.25, 0.3) is 0 Å². The highest BCUT2D eigenvalue weighted by molar-refractivity contribution is 6.04. The van der Waals surface area contributed by atoms with Gasteiger partial charge in [0.1, 0.15) is 18.7 Å². The molecule has 1 aliphatic heterocycles. The van der Waals surface area contributed by atoms with Gasteiger partial charge < -0.3 is 19.7 Å². The summed E-state index contributed by atoms with van der Waals surface area (Å²) < 4.78 is 10.7. The van der Waals surface area contributed by atoms with E-state index in [4.69, 9.17) is 9.47 Å². The lowest BCUT2D eigenvalue weighted by atomic mass is 10.0. The van der Waals surface area contributed by atoms with Gasteiger partial charge in [-0.15, -0.1) is 0 Å². The first-order valence-electron chi connectivity index (χ1n) is 9.38. The van der Waals surface area contributed by atoms with Gasteiger partial charge in [0.05, 0.1) is 44.0 Å². The minimum absolute atomic E-state index is 0.301. The van der Waals surface area contributed by atoms with Crippen LogP contribution < -0.4 is 15.2 Å². The summed E-state index contributed by atoms with van der Waals surface area (Å²) in [6, 6.07) is 4.17. The van der Waals surface area contributed by atoms with Gasteiger partial charge in [0, 0.05) is 5.56 Å². The molecule has 26 heavy (non-hydrogen) atoms. The number of anilines is 1. The lowest BCUT2D eigenvalue weighted by Gasteiger charge is -2.24. The molecule has 1 aromatic heterocycles. The van der Waals surface area contributed by atoms with Crippen molar-refractivity contribution >= 4 is 22.6 Å². The van der Waals surface area contributed by atoms with E-state index < -0.39 is 0 Å². The number of rotatable bonds is 6. The average Bonchev–Trinajstić information content (AvgIpc) is 2.66. The Morgan fingerprint density at radius 1 is 1.31 bits per heavy atom. The van der Waals surface area contributed by atoms with Crippen molar-refractivity contribution in [1.29, 1.82) is 0 Å². The Kier molecular flexibility index (Phi) is 6.06. The molecule has 0 radical (unpaired) electrons. The maximum Gasteiger partial charge on any atom is 0.346 e. The first kappa shape index (κ1) is 18.6. The third-order valence-corrected chi connectivity index (χ3v) is 5.11. The second kappa shape index (κ2) is 8.47. The fraction of sp³-hybridized carbons (Fsp3) is 0.500. The maximum absolute atomic E-state index is 12.4. The number of carbonyl (C=O) groups excluding carboxylic acids is 1. The first-order chi connectivity index (χ1) is 12.6. The number of hydrogen-bond acceptors (Lipinski definition) is 4. The molecule has 0 saturated carbocycles. The van der Waals surface area contributed by atoms with Gasteiger partial charge in [-0.1, -0.05) is 6.07 Å². The molecule has 1 aromatic carbocycles. The zero-order chi connectivity index (χ0) is 18.5. The third-order valence-electron chi connectivity index (χ3n) is 5.11. The molecule has 3 rings (SSSR count). The molecule has 1 saturated heterocycles. The lowest BCUT2D eigenvalue weighted by Crippen LogP contribution is -3.14. The van der Waals surface area contributed by atoms with Crippen molar-refractivity contribution < 1.29 is 24.2 Å². The van der Waals surface area contributed by atoms with Crippen LogP contribution in [0.1, 0.15) is 28.4 Å². The number of aryl methyl sites for hydroxylation is 2. The van der Waals surface area contributed by atoms with Crippen molar-refractivity contribution in [2.45, 2.75) is 20.8 Å². The van der Waals surface area contributed by atoms with Crippen LogP contribution in [0.5, 0.6) is 0 Å². The van der Waals surface area contributed by atoms with E-state index in [-0.39, 0.29) is 5.97 Å². The number of aromatic nitrogens is 1. The largest absolute Gasteiger partial charge is 0.462 e. The number of quaternary nitrogens is 1. The lowest BCUT2D eigenvalue weighted by molar-refractivity contribution is -0.906. The molecule has 0 spiro atoms. The predicted octanol–water partition coefficient (Wildman–Crippen LogP) is 0.774.